The van der Waals surface area contributed by atoms with E-state index in [1.54, 1.807) is 0 Å². The van der Waals surface area contributed by atoms with Crippen LogP contribution in [0.15, 0.2) is 12.1 Å². The molecule has 1 aromatic carbocycles. The van der Waals surface area contributed by atoms with Gasteiger partial charge in [-0.1, -0.05) is 0 Å². The van der Waals surface area contributed by atoms with Crippen LogP contribution in [0.4, 0.5) is 0 Å². The number of ether oxygens (including phenoxy) is 1. The van der Waals surface area contributed by atoms with Crippen LogP contribution in [0.5, 0.6) is 5.75 Å². The van der Waals surface area contributed by atoms with Gasteiger partial charge in [-0.05, 0) is 84.6 Å². The number of nitrogens with zero attached hydrogens (tertiary/aromatic N) is 2. The second-order valence-corrected chi connectivity index (χ2v) is 8.02. The second kappa shape index (κ2) is 8.14. The lowest BCUT2D eigenvalue weighted by molar-refractivity contribution is 0.0242. The quantitative estimate of drug-likeness (QED) is 0.746. The lowest BCUT2D eigenvalue weighted by atomic mass is 9.95. The number of hydrogen-bond acceptors (Lipinski definition) is 4. The predicted octanol–water partition coefficient (Wildman–Crippen LogP) is 2.85. The van der Waals surface area contributed by atoms with Crippen molar-refractivity contribution in [3.05, 3.63) is 26.8 Å². The van der Waals surface area contributed by atoms with E-state index in [9.17, 15) is 5.11 Å². The monoisotopic (exact) mass is 430 g/mol. The molecular formula is C18H27IN2O2. The van der Waals surface area contributed by atoms with Crippen LogP contribution in [0.25, 0.3) is 0 Å². The standard InChI is InChI=1S/C18H27IN2O2/c1-14-10-18(22)17(19)11-16(14)13-20-4-2-15(3-5-20)12-21-6-8-23-9-7-21/h10-11,15,22H,2-9,12-13H2,1H3. The Labute approximate surface area is 152 Å². The normalized spacial score (nSPS) is 21.7. The van der Waals surface area contributed by atoms with Crippen LogP contribution < -0.4 is 0 Å². The highest BCUT2D eigenvalue weighted by atomic mass is 127. The number of aromatic hydroxyl groups is 1. The molecule has 4 nitrogen and oxygen atoms in total. The zero-order valence-electron chi connectivity index (χ0n) is 13.9. The van der Waals surface area contributed by atoms with Crippen molar-refractivity contribution < 1.29 is 9.84 Å². The van der Waals surface area contributed by atoms with Crippen molar-refractivity contribution in [2.24, 2.45) is 5.92 Å². The Hall–Kier alpha value is -0.370. The maximum atomic E-state index is 9.79. The van der Waals surface area contributed by atoms with Crippen LogP contribution in [0.1, 0.15) is 24.0 Å². The van der Waals surface area contributed by atoms with Crippen molar-refractivity contribution >= 4 is 22.6 Å². The molecule has 128 valence electrons. The third-order valence-electron chi connectivity index (χ3n) is 5.13. The lowest BCUT2D eigenvalue weighted by Gasteiger charge is -2.36. The van der Waals surface area contributed by atoms with Gasteiger partial charge in [0.2, 0.25) is 0 Å². The molecule has 2 aliphatic heterocycles. The van der Waals surface area contributed by atoms with Crippen LogP contribution in [-0.4, -0.2) is 60.8 Å². The zero-order chi connectivity index (χ0) is 16.2. The second-order valence-electron chi connectivity index (χ2n) is 6.86. The fourth-order valence-corrected chi connectivity index (χ4v) is 4.13. The Morgan fingerprint density at radius 2 is 1.83 bits per heavy atom. The molecule has 5 heteroatoms. The summed E-state index contributed by atoms with van der Waals surface area (Å²) in [5, 5.41) is 9.79. The largest absolute Gasteiger partial charge is 0.507 e. The predicted molar refractivity (Wildman–Crippen MR) is 101 cm³/mol. The number of phenolic OH excluding ortho intramolecular Hbond substituents is 1. The van der Waals surface area contributed by atoms with Gasteiger partial charge >= 0.3 is 0 Å². The van der Waals surface area contributed by atoms with E-state index >= 15 is 0 Å². The summed E-state index contributed by atoms with van der Waals surface area (Å²) in [6, 6.07) is 4.02. The lowest BCUT2D eigenvalue weighted by Crippen LogP contribution is -2.42. The first-order valence-electron chi connectivity index (χ1n) is 8.62. The van der Waals surface area contributed by atoms with E-state index < -0.39 is 0 Å². The van der Waals surface area contributed by atoms with Crippen LogP contribution in [-0.2, 0) is 11.3 Å². The average Bonchev–Trinajstić information content (AvgIpc) is 2.55. The summed E-state index contributed by atoms with van der Waals surface area (Å²) in [6.45, 7) is 10.7. The molecule has 3 rings (SSSR count). The Morgan fingerprint density at radius 3 is 2.52 bits per heavy atom. The van der Waals surface area contributed by atoms with E-state index in [1.165, 1.54) is 43.6 Å². The molecule has 0 aliphatic carbocycles. The first kappa shape index (κ1) is 17.5. The summed E-state index contributed by atoms with van der Waals surface area (Å²) in [5.41, 5.74) is 2.54. The summed E-state index contributed by atoms with van der Waals surface area (Å²) in [4.78, 5) is 5.13. The van der Waals surface area contributed by atoms with Gasteiger partial charge in [-0.2, -0.15) is 0 Å². The SMILES string of the molecule is Cc1cc(O)c(I)cc1CN1CCC(CN2CCOCC2)CC1. The molecule has 1 N–H and O–H groups in total. The topological polar surface area (TPSA) is 35.9 Å². The van der Waals surface area contributed by atoms with Crippen molar-refractivity contribution in [2.75, 3.05) is 45.9 Å². The summed E-state index contributed by atoms with van der Waals surface area (Å²) in [6.07, 6.45) is 2.59. The van der Waals surface area contributed by atoms with Crippen LogP contribution >= 0.6 is 22.6 Å². The van der Waals surface area contributed by atoms with Gasteiger partial charge in [0.05, 0.1) is 16.8 Å². The minimum atomic E-state index is 0.399. The number of likely N-dealkylation sites (tertiary alicyclic amines) is 1. The number of rotatable bonds is 4. The van der Waals surface area contributed by atoms with Crippen LogP contribution in [0.2, 0.25) is 0 Å². The molecule has 2 heterocycles. The molecule has 2 aliphatic rings. The number of piperidine rings is 1. The zero-order valence-corrected chi connectivity index (χ0v) is 16.1. The number of aryl methyl sites for hydroxylation is 1. The summed E-state index contributed by atoms with van der Waals surface area (Å²) in [5.74, 6) is 1.24. The summed E-state index contributed by atoms with van der Waals surface area (Å²) in [7, 11) is 0. The van der Waals surface area contributed by atoms with Gasteiger partial charge in [0, 0.05) is 26.2 Å². The highest BCUT2D eigenvalue weighted by Gasteiger charge is 2.22. The first-order valence-corrected chi connectivity index (χ1v) is 9.70. The van der Waals surface area contributed by atoms with E-state index in [1.807, 2.05) is 6.07 Å². The Bertz CT molecular complexity index is 524. The fraction of sp³-hybridized carbons (Fsp3) is 0.667. The van der Waals surface area contributed by atoms with Gasteiger partial charge in [0.15, 0.2) is 0 Å². The molecule has 23 heavy (non-hydrogen) atoms. The van der Waals surface area contributed by atoms with Crippen LogP contribution in [0.3, 0.4) is 0 Å². The number of hydrogen-bond donors (Lipinski definition) is 1. The molecule has 1 aromatic rings. The third-order valence-corrected chi connectivity index (χ3v) is 5.99. The molecule has 0 atom stereocenters. The van der Waals surface area contributed by atoms with E-state index in [0.29, 0.717) is 5.75 Å². The van der Waals surface area contributed by atoms with Gasteiger partial charge < -0.3 is 9.84 Å². The van der Waals surface area contributed by atoms with E-state index in [4.69, 9.17) is 4.74 Å². The summed E-state index contributed by atoms with van der Waals surface area (Å²) >= 11 is 2.21. The number of phenols is 1. The van der Waals surface area contributed by atoms with Crippen LogP contribution in [0, 0.1) is 16.4 Å². The van der Waals surface area contributed by atoms with Gasteiger partial charge in [-0.25, -0.2) is 0 Å². The van der Waals surface area contributed by atoms with Crippen molar-refractivity contribution in [1.29, 1.82) is 0 Å². The molecule has 2 fully saturated rings. The maximum absolute atomic E-state index is 9.79. The van der Waals surface area contributed by atoms with Crippen molar-refractivity contribution in [1.82, 2.24) is 9.80 Å². The molecular weight excluding hydrogens is 403 g/mol. The van der Waals surface area contributed by atoms with Crippen molar-refractivity contribution in [2.45, 2.75) is 26.3 Å². The smallest absolute Gasteiger partial charge is 0.129 e. The number of halogens is 1. The average molecular weight is 430 g/mol. The highest BCUT2D eigenvalue weighted by molar-refractivity contribution is 14.1. The molecule has 0 bridgehead atoms. The minimum absolute atomic E-state index is 0.399. The molecule has 0 saturated carbocycles. The minimum Gasteiger partial charge on any atom is -0.507 e. The van der Waals surface area contributed by atoms with Gasteiger partial charge in [-0.3, -0.25) is 9.80 Å². The molecule has 0 aromatic heterocycles. The van der Waals surface area contributed by atoms with Gasteiger partial charge in [0.1, 0.15) is 5.75 Å². The first-order chi connectivity index (χ1) is 11.1. The number of morpholine rings is 1. The van der Waals surface area contributed by atoms with E-state index in [-0.39, 0.29) is 0 Å². The summed E-state index contributed by atoms with van der Waals surface area (Å²) < 4.78 is 6.38. The maximum Gasteiger partial charge on any atom is 0.129 e. The Kier molecular flexibility index (Phi) is 6.18. The van der Waals surface area contributed by atoms with Gasteiger partial charge in [-0.15, -0.1) is 0 Å². The van der Waals surface area contributed by atoms with Crippen molar-refractivity contribution in [3.63, 3.8) is 0 Å². The molecule has 2 saturated heterocycles. The third kappa shape index (κ3) is 4.81. The Morgan fingerprint density at radius 1 is 1.13 bits per heavy atom. The molecule has 0 unspecified atom stereocenters. The van der Waals surface area contributed by atoms with Gasteiger partial charge in [0.25, 0.3) is 0 Å². The molecule has 0 amide bonds. The molecule has 0 radical (unpaired) electrons. The van der Waals surface area contributed by atoms with E-state index in [0.717, 1.165) is 42.3 Å². The molecule has 0 spiro atoms. The highest BCUT2D eigenvalue weighted by Crippen LogP contribution is 2.26. The Balaban J connectivity index is 1.48. The van der Waals surface area contributed by atoms with Crippen molar-refractivity contribution in [3.8, 4) is 5.75 Å². The fourth-order valence-electron chi connectivity index (χ4n) is 3.59. The van der Waals surface area contributed by atoms with E-state index in [2.05, 4.69) is 45.4 Å². The number of benzene rings is 1.